The van der Waals surface area contributed by atoms with Crippen molar-refractivity contribution in [1.29, 1.82) is 0 Å². The first-order valence-electron chi connectivity index (χ1n) is 15.7. The number of ether oxygens (including phenoxy) is 2. The highest BCUT2D eigenvalue weighted by Crippen LogP contribution is 2.39. The van der Waals surface area contributed by atoms with Crippen LogP contribution in [0.15, 0.2) is 24.3 Å². The molecule has 2 aliphatic rings. The molecule has 5 nitrogen and oxygen atoms in total. The van der Waals surface area contributed by atoms with Crippen molar-refractivity contribution < 1.29 is 24.2 Å². The van der Waals surface area contributed by atoms with Crippen molar-refractivity contribution in [3.8, 4) is 0 Å². The van der Waals surface area contributed by atoms with Gasteiger partial charge in [-0.15, -0.1) is 13.2 Å². The number of aliphatic hydroxyl groups is 1. The molecule has 0 amide bonds. The van der Waals surface area contributed by atoms with Gasteiger partial charge in [0, 0.05) is 12.5 Å². The van der Waals surface area contributed by atoms with Crippen molar-refractivity contribution in [3.05, 3.63) is 24.3 Å². The molecule has 0 saturated heterocycles. The van der Waals surface area contributed by atoms with Crippen LogP contribution in [0.25, 0.3) is 0 Å². The molecule has 0 aromatic heterocycles. The largest absolute Gasteiger partial charge is 0.467 e. The quantitative estimate of drug-likeness (QED) is 0.111. The summed E-state index contributed by atoms with van der Waals surface area (Å²) in [6, 6.07) is 0. The summed E-state index contributed by atoms with van der Waals surface area (Å²) in [6.07, 6.45) is 21.4. The van der Waals surface area contributed by atoms with Gasteiger partial charge < -0.3 is 14.6 Å². The molecule has 39 heavy (non-hydrogen) atoms. The van der Waals surface area contributed by atoms with Crippen molar-refractivity contribution in [3.63, 3.8) is 0 Å². The topological polar surface area (TPSA) is 72.8 Å². The van der Waals surface area contributed by atoms with E-state index < -0.39 is 0 Å². The Morgan fingerprint density at radius 2 is 1.18 bits per heavy atom. The highest BCUT2D eigenvalue weighted by molar-refractivity contribution is 5.37. The Morgan fingerprint density at radius 1 is 0.769 bits per heavy atom. The molecule has 5 heteroatoms. The predicted octanol–water partition coefficient (Wildman–Crippen LogP) is 8.84. The van der Waals surface area contributed by atoms with Crippen LogP contribution in [0.5, 0.6) is 0 Å². The van der Waals surface area contributed by atoms with Gasteiger partial charge in [0.15, 0.2) is 0 Å². The van der Waals surface area contributed by atoms with E-state index in [9.17, 15) is 9.59 Å². The average molecular weight is 551 g/mol. The Balaban J connectivity index is 0.00000123. The van der Waals surface area contributed by atoms with E-state index in [0.29, 0.717) is 32.1 Å². The molecule has 0 spiro atoms. The molecule has 2 rings (SSSR count). The van der Waals surface area contributed by atoms with Crippen molar-refractivity contribution in [2.24, 2.45) is 29.6 Å². The summed E-state index contributed by atoms with van der Waals surface area (Å²) >= 11 is 0. The summed E-state index contributed by atoms with van der Waals surface area (Å²) in [5, 5.41) is 8.18. The van der Waals surface area contributed by atoms with Gasteiger partial charge in [0.2, 0.25) is 0 Å². The first-order valence-corrected chi connectivity index (χ1v) is 15.7. The third kappa shape index (κ3) is 22.9. The molecule has 0 heterocycles. The van der Waals surface area contributed by atoms with E-state index in [1.807, 2.05) is 20.8 Å². The second-order valence-electron chi connectivity index (χ2n) is 12.4. The lowest BCUT2D eigenvalue weighted by molar-refractivity contribution is -0.133. The smallest absolute Gasteiger partial charge is 0.293 e. The molecule has 2 fully saturated rings. The number of carbonyl (C=O) groups is 2. The van der Waals surface area contributed by atoms with Gasteiger partial charge in [-0.2, -0.15) is 0 Å². The van der Waals surface area contributed by atoms with E-state index in [0.717, 1.165) is 36.2 Å². The first-order chi connectivity index (χ1) is 18.7. The van der Waals surface area contributed by atoms with Crippen molar-refractivity contribution in [1.82, 2.24) is 0 Å². The summed E-state index contributed by atoms with van der Waals surface area (Å²) in [7, 11) is 0. The monoisotopic (exact) mass is 550 g/mol. The summed E-state index contributed by atoms with van der Waals surface area (Å²) in [5.41, 5.74) is 2.21. The van der Waals surface area contributed by atoms with Crippen molar-refractivity contribution >= 4 is 12.9 Å². The van der Waals surface area contributed by atoms with Crippen molar-refractivity contribution in [2.75, 3.05) is 19.8 Å². The van der Waals surface area contributed by atoms with Gasteiger partial charge in [-0.1, -0.05) is 108 Å². The summed E-state index contributed by atoms with van der Waals surface area (Å²) < 4.78 is 9.84. The maximum Gasteiger partial charge on any atom is 0.293 e. The fourth-order valence-corrected chi connectivity index (χ4v) is 5.92. The van der Waals surface area contributed by atoms with Crippen LogP contribution in [0.3, 0.4) is 0 Å². The molecule has 0 aromatic carbocycles. The molecule has 0 atom stereocenters. The van der Waals surface area contributed by atoms with E-state index >= 15 is 0 Å². The fraction of sp³-hybridized carbons (Fsp3) is 0.824. The van der Waals surface area contributed by atoms with E-state index in [2.05, 4.69) is 20.1 Å². The normalized spacial score (nSPS) is 22.4. The van der Waals surface area contributed by atoms with Gasteiger partial charge >= 0.3 is 0 Å². The Bertz CT molecular complexity index is 599. The van der Waals surface area contributed by atoms with Crippen LogP contribution in [0.1, 0.15) is 130 Å². The molecule has 2 saturated carbocycles. The van der Waals surface area contributed by atoms with Gasteiger partial charge in [-0.05, 0) is 57.3 Å². The molecule has 0 aliphatic heterocycles. The maximum atomic E-state index is 10.5. The minimum Gasteiger partial charge on any atom is -0.467 e. The SMILES string of the molecule is C=C(C)C.C=C(C)CCO.CCCCCC1CCC(CCC2CCC(CC(COC=O)COC=O)CC2)CC1. The first kappa shape index (κ1) is 37.4. The minimum absolute atomic E-state index is 0.138. The number of hydrogen-bond acceptors (Lipinski definition) is 5. The Labute approximate surface area is 241 Å². The van der Waals surface area contributed by atoms with E-state index in [1.165, 1.54) is 95.5 Å². The summed E-state index contributed by atoms with van der Waals surface area (Å²) in [4.78, 5) is 20.9. The van der Waals surface area contributed by atoms with Crippen LogP contribution in [0.2, 0.25) is 0 Å². The maximum absolute atomic E-state index is 10.5. The third-order valence-corrected chi connectivity index (χ3v) is 8.14. The second-order valence-corrected chi connectivity index (χ2v) is 12.4. The number of allylic oxidation sites excluding steroid dienone is 1. The van der Waals surface area contributed by atoms with E-state index in [-0.39, 0.29) is 12.5 Å². The molecular formula is C34H62O5. The fourth-order valence-electron chi connectivity index (χ4n) is 5.92. The van der Waals surface area contributed by atoms with Crippen LogP contribution in [-0.4, -0.2) is 37.9 Å². The molecule has 0 radical (unpaired) electrons. The number of hydrogen-bond donors (Lipinski definition) is 1. The number of carbonyl (C=O) groups excluding carboxylic acids is 2. The van der Waals surface area contributed by atoms with Gasteiger partial charge in [0.1, 0.15) is 0 Å². The number of aliphatic hydroxyl groups excluding tert-OH is 1. The molecular weight excluding hydrogens is 488 g/mol. The predicted molar refractivity (Wildman–Crippen MR) is 163 cm³/mol. The zero-order valence-corrected chi connectivity index (χ0v) is 26.0. The highest BCUT2D eigenvalue weighted by Gasteiger charge is 2.26. The molecule has 0 aromatic rings. The van der Waals surface area contributed by atoms with Crippen LogP contribution in [0, 0.1) is 29.6 Å². The zero-order valence-electron chi connectivity index (χ0n) is 26.0. The standard InChI is InChI=1S/C25H44O4.C5H10O.C4H8/c1-2-3-4-5-21-6-8-22(9-7-21)10-11-23-12-14-24(15-13-23)16-25(17-28-19-26)18-29-20-27;1-5(2)3-4-6;1-4(2)3/h19-25H,2-18H2,1H3;6H,1,3-4H2,2H3;1H2,2-3H3. The van der Waals surface area contributed by atoms with Gasteiger partial charge in [0.25, 0.3) is 12.9 Å². The number of rotatable bonds is 17. The molecule has 0 bridgehead atoms. The Morgan fingerprint density at radius 3 is 1.51 bits per heavy atom. The molecule has 228 valence electrons. The van der Waals surface area contributed by atoms with E-state index in [1.54, 1.807) is 0 Å². The van der Waals surface area contributed by atoms with E-state index in [4.69, 9.17) is 14.6 Å². The van der Waals surface area contributed by atoms with Gasteiger partial charge in [-0.3, -0.25) is 9.59 Å². The lowest BCUT2D eigenvalue weighted by Crippen LogP contribution is -2.23. The lowest BCUT2D eigenvalue weighted by atomic mass is 9.73. The highest BCUT2D eigenvalue weighted by atomic mass is 16.5. The molecule has 0 unspecified atom stereocenters. The van der Waals surface area contributed by atoms with Crippen LogP contribution in [-0.2, 0) is 19.1 Å². The Kier molecular flexibility index (Phi) is 24.3. The van der Waals surface area contributed by atoms with Crippen LogP contribution >= 0.6 is 0 Å². The summed E-state index contributed by atoms with van der Waals surface area (Å²) in [5.74, 6) is 3.73. The second kappa shape index (κ2) is 25.4. The number of unbranched alkanes of at least 4 members (excludes halogenated alkanes) is 2. The zero-order chi connectivity index (χ0) is 29.3. The summed E-state index contributed by atoms with van der Waals surface area (Å²) in [6.45, 7) is 17.2. The molecule has 1 N–H and O–H groups in total. The molecule has 2 aliphatic carbocycles. The van der Waals surface area contributed by atoms with Crippen molar-refractivity contribution in [2.45, 2.75) is 130 Å². The van der Waals surface area contributed by atoms with Crippen LogP contribution < -0.4 is 0 Å². The van der Waals surface area contributed by atoms with Gasteiger partial charge in [-0.25, -0.2) is 0 Å². The van der Waals surface area contributed by atoms with Crippen LogP contribution in [0.4, 0.5) is 0 Å². The van der Waals surface area contributed by atoms with Gasteiger partial charge in [0.05, 0.1) is 13.2 Å². The Hall–Kier alpha value is -1.62. The third-order valence-electron chi connectivity index (χ3n) is 8.14. The minimum atomic E-state index is 0.138. The lowest BCUT2D eigenvalue weighted by Gasteiger charge is -2.33. The average Bonchev–Trinajstić information content (AvgIpc) is 2.90.